The average Bonchev–Trinajstić information content (AvgIpc) is 3.16. The van der Waals surface area contributed by atoms with Crippen LogP contribution in [0, 0.1) is 0 Å². The molecule has 0 saturated carbocycles. The van der Waals surface area contributed by atoms with Crippen molar-refractivity contribution in [3.05, 3.63) is 41.3 Å². The number of halogens is 2. The van der Waals surface area contributed by atoms with E-state index in [4.69, 9.17) is 5.73 Å². The lowest BCUT2D eigenvalue weighted by Gasteiger charge is -2.14. The third kappa shape index (κ3) is 3.68. The average molecular weight is 338 g/mol. The van der Waals surface area contributed by atoms with Gasteiger partial charge in [0.1, 0.15) is 5.75 Å². The molecule has 1 atom stereocenters. The molecule has 4 nitrogen and oxygen atoms in total. The fraction of sp³-hybridized carbons (Fsp3) is 0.312. The number of amides is 1. The first-order chi connectivity index (χ1) is 11.0. The van der Waals surface area contributed by atoms with Gasteiger partial charge >= 0.3 is 6.61 Å². The van der Waals surface area contributed by atoms with Crippen LogP contribution in [0.2, 0.25) is 0 Å². The van der Waals surface area contributed by atoms with Crippen LogP contribution in [0.4, 0.5) is 8.78 Å². The predicted molar refractivity (Wildman–Crippen MR) is 84.9 cm³/mol. The van der Waals surface area contributed by atoms with Gasteiger partial charge < -0.3 is 15.4 Å². The van der Waals surface area contributed by atoms with Crippen LogP contribution in [0.25, 0.3) is 10.4 Å². The van der Waals surface area contributed by atoms with E-state index in [0.29, 0.717) is 18.0 Å². The standard InChI is InChI=1S/C16H16F2N2O2S/c17-16(18)22-12-3-1-10(2-4-12)13-5-6-14(23-13)15(21)20-8-7-11(19)9-20/h1-6,11,16H,7-9,19H2/t11-/m1/s1. The van der Waals surface area contributed by atoms with E-state index < -0.39 is 6.61 Å². The van der Waals surface area contributed by atoms with E-state index in [1.165, 1.54) is 23.5 Å². The maximum absolute atomic E-state index is 12.4. The molecule has 2 heterocycles. The molecule has 1 aromatic heterocycles. The van der Waals surface area contributed by atoms with Gasteiger partial charge in [0.25, 0.3) is 5.91 Å². The first kappa shape index (κ1) is 15.9. The molecule has 3 rings (SSSR count). The molecule has 2 N–H and O–H groups in total. The van der Waals surface area contributed by atoms with E-state index in [2.05, 4.69) is 4.74 Å². The van der Waals surface area contributed by atoms with Crippen LogP contribution >= 0.6 is 11.3 Å². The molecule has 23 heavy (non-hydrogen) atoms. The lowest BCUT2D eigenvalue weighted by atomic mass is 10.2. The largest absolute Gasteiger partial charge is 0.435 e. The van der Waals surface area contributed by atoms with Crippen molar-refractivity contribution in [3.63, 3.8) is 0 Å². The minimum atomic E-state index is -2.83. The third-order valence-electron chi connectivity index (χ3n) is 3.69. The van der Waals surface area contributed by atoms with Crippen molar-refractivity contribution in [1.29, 1.82) is 0 Å². The molecule has 1 amide bonds. The Morgan fingerprint density at radius 2 is 2.00 bits per heavy atom. The monoisotopic (exact) mass is 338 g/mol. The zero-order valence-corrected chi connectivity index (χ0v) is 13.1. The summed E-state index contributed by atoms with van der Waals surface area (Å²) < 4.78 is 28.6. The predicted octanol–water partition coefficient (Wildman–Crippen LogP) is 3.19. The van der Waals surface area contributed by atoms with Gasteiger partial charge in [-0.3, -0.25) is 4.79 Å². The Hall–Kier alpha value is -1.99. The van der Waals surface area contributed by atoms with Crippen LogP contribution in [-0.2, 0) is 0 Å². The summed E-state index contributed by atoms with van der Waals surface area (Å²) in [4.78, 5) is 15.7. The van der Waals surface area contributed by atoms with Gasteiger partial charge in [-0.2, -0.15) is 8.78 Å². The maximum atomic E-state index is 12.4. The van der Waals surface area contributed by atoms with E-state index >= 15 is 0 Å². The van der Waals surface area contributed by atoms with Crippen molar-refractivity contribution < 1.29 is 18.3 Å². The number of carbonyl (C=O) groups is 1. The molecular weight excluding hydrogens is 322 g/mol. The second-order valence-corrected chi connectivity index (χ2v) is 6.45. The second-order valence-electron chi connectivity index (χ2n) is 5.37. The molecule has 1 aliphatic rings. The molecule has 1 aliphatic heterocycles. The number of likely N-dealkylation sites (tertiary alicyclic amines) is 1. The van der Waals surface area contributed by atoms with Crippen LogP contribution in [-0.4, -0.2) is 36.5 Å². The van der Waals surface area contributed by atoms with Gasteiger partial charge in [-0.1, -0.05) is 0 Å². The number of hydrogen-bond donors (Lipinski definition) is 1. The van der Waals surface area contributed by atoms with Crippen molar-refractivity contribution in [2.24, 2.45) is 5.73 Å². The van der Waals surface area contributed by atoms with Gasteiger partial charge in [0.05, 0.1) is 4.88 Å². The van der Waals surface area contributed by atoms with E-state index in [1.807, 2.05) is 6.07 Å². The van der Waals surface area contributed by atoms with Crippen molar-refractivity contribution >= 4 is 17.2 Å². The highest BCUT2D eigenvalue weighted by Gasteiger charge is 2.25. The van der Waals surface area contributed by atoms with Crippen LogP contribution in [0.1, 0.15) is 16.1 Å². The quantitative estimate of drug-likeness (QED) is 0.931. The summed E-state index contributed by atoms with van der Waals surface area (Å²) in [7, 11) is 0. The van der Waals surface area contributed by atoms with Crippen LogP contribution in [0.5, 0.6) is 5.75 Å². The highest BCUT2D eigenvalue weighted by Crippen LogP contribution is 2.30. The number of rotatable bonds is 4. The number of hydrogen-bond acceptors (Lipinski definition) is 4. The van der Waals surface area contributed by atoms with E-state index in [-0.39, 0.29) is 17.7 Å². The van der Waals surface area contributed by atoms with Gasteiger partial charge in [-0.05, 0) is 48.4 Å². The topological polar surface area (TPSA) is 55.6 Å². The molecule has 1 fully saturated rings. The fourth-order valence-corrected chi connectivity index (χ4v) is 3.52. The molecule has 0 aliphatic carbocycles. The van der Waals surface area contributed by atoms with Gasteiger partial charge in [0, 0.05) is 24.0 Å². The molecule has 1 saturated heterocycles. The zero-order valence-electron chi connectivity index (χ0n) is 12.2. The number of carbonyl (C=O) groups excluding carboxylic acids is 1. The summed E-state index contributed by atoms with van der Waals surface area (Å²) in [6, 6.07) is 10.1. The summed E-state index contributed by atoms with van der Waals surface area (Å²) >= 11 is 1.38. The lowest BCUT2D eigenvalue weighted by Crippen LogP contribution is -2.31. The molecule has 2 aromatic rings. The van der Waals surface area contributed by atoms with Gasteiger partial charge in [0.2, 0.25) is 0 Å². The normalized spacial score (nSPS) is 17.7. The highest BCUT2D eigenvalue weighted by molar-refractivity contribution is 7.17. The molecule has 0 radical (unpaired) electrons. The summed E-state index contributed by atoms with van der Waals surface area (Å²) in [5.41, 5.74) is 6.69. The number of nitrogens with two attached hydrogens (primary N) is 1. The summed E-state index contributed by atoms with van der Waals surface area (Å²) in [5.74, 6) is 0.106. The van der Waals surface area contributed by atoms with Crippen molar-refractivity contribution in [1.82, 2.24) is 4.90 Å². The lowest BCUT2D eigenvalue weighted by molar-refractivity contribution is -0.0498. The van der Waals surface area contributed by atoms with Crippen LogP contribution < -0.4 is 10.5 Å². The van der Waals surface area contributed by atoms with E-state index in [0.717, 1.165) is 16.9 Å². The molecule has 7 heteroatoms. The second kappa shape index (κ2) is 6.64. The number of nitrogens with zero attached hydrogens (tertiary/aromatic N) is 1. The smallest absolute Gasteiger partial charge is 0.387 e. The van der Waals surface area contributed by atoms with E-state index in [1.54, 1.807) is 23.1 Å². The molecule has 1 aromatic carbocycles. The minimum Gasteiger partial charge on any atom is -0.435 e. The fourth-order valence-electron chi connectivity index (χ4n) is 2.54. The Kier molecular flexibility index (Phi) is 4.58. The molecule has 122 valence electrons. The van der Waals surface area contributed by atoms with Crippen molar-refractivity contribution in [3.8, 4) is 16.2 Å². The van der Waals surface area contributed by atoms with Crippen molar-refractivity contribution in [2.45, 2.75) is 19.1 Å². The number of thiophene rings is 1. The van der Waals surface area contributed by atoms with Gasteiger partial charge in [-0.25, -0.2) is 0 Å². The Labute approximate surface area is 136 Å². The Morgan fingerprint density at radius 1 is 1.26 bits per heavy atom. The van der Waals surface area contributed by atoms with Gasteiger partial charge in [-0.15, -0.1) is 11.3 Å². The number of benzene rings is 1. The third-order valence-corrected chi connectivity index (χ3v) is 4.82. The summed E-state index contributed by atoms with van der Waals surface area (Å²) in [5, 5.41) is 0. The Balaban J connectivity index is 1.72. The number of ether oxygens (including phenoxy) is 1. The van der Waals surface area contributed by atoms with Crippen LogP contribution in [0.15, 0.2) is 36.4 Å². The number of alkyl halides is 2. The van der Waals surface area contributed by atoms with Crippen LogP contribution in [0.3, 0.4) is 0 Å². The first-order valence-electron chi connectivity index (χ1n) is 7.23. The highest BCUT2D eigenvalue weighted by atomic mass is 32.1. The molecular formula is C16H16F2N2O2S. The van der Waals surface area contributed by atoms with Gasteiger partial charge in [0.15, 0.2) is 0 Å². The van der Waals surface area contributed by atoms with Crippen molar-refractivity contribution in [2.75, 3.05) is 13.1 Å². The molecule has 0 spiro atoms. The zero-order chi connectivity index (χ0) is 16.4. The Morgan fingerprint density at radius 3 is 2.61 bits per heavy atom. The van der Waals surface area contributed by atoms with E-state index in [9.17, 15) is 13.6 Å². The Bertz CT molecular complexity index is 688. The molecule has 0 bridgehead atoms. The SMILES string of the molecule is N[C@@H]1CCN(C(=O)c2ccc(-c3ccc(OC(F)F)cc3)s2)C1. The minimum absolute atomic E-state index is 0.00754. The first-order valence-corrected chi connectivity index (χ1v) is 8.04. The summed E-state index contributed by atoms with van der Waals surface area (Å²) in [6.45, 7) is -1.56. The summed E-state index contributed by atoms with van der Waals surface area (Å²) in [6.07, 6.45) is 0.829. The molecule has 0 unspecified atom stereocenters. The maximum Gasteiger partial charge on any atom is 0.387 e.